The fourth-order valence-corrected chi connectivity index (χ4v) is 6.34. The number of carbonyl (C=O) groups excluding carboxylic acids is 2. The highest BCUT2D eigenvalue weighted by atomic mass is 127. The zero-order chi connectivity index (χ0) is 32.5. The number of hydrogen-bond donors (Lipinski definition) is 4. The number of urea groups is 1. The van der Waals surface area contributed by atoms with Gasteiger partial charge in [-0.3, -0.25) is 5.43 Å². The van der Waals surface area contributed by atoms with Crippen LogP contribution in [0.1, 0.15) is 42.1 Å². The number of hydrogen-bond acceptors (Lipinski definition) is 9. The Hall–Kier alpha value is -3.82. The van der Waals surface area contributed by atoms with Crippen molar-refractivity contribution in [3.63, 3.8) is 0 Å². The van der Waals surface area contributed by atoms with E-state index in [0.717, 1.165) is 24.9 Å². The predicted octanol–water partition coefficient (Wildman–Crippen LogP) is 5.46. The average Bonchev–Trinajstić information content (AvgIpc) is 2.99. The van der Waals surface area contributed by atoms with Crippen LogP contribution in [0.3, 0.4) is 0 Å². The molecule has 0 radical (unpaired) electrons. The maximum Gasteiger partial charge on any atom is 0.337 e. The number of ether oxygens (including phenoxy) is 4. The number of rotatable bonds is 13. The standard InChI is InChI=1S/C32H34BrIN4O7/c1-5-43-26-14-22(29-28(31(40)42-4)19(3)36-32(41)37-29)9-10-25(26)44-17-27(39)38-35-15-21-12-23(33)30(24(34)13-21)45-16-20-8-6-7-18(2)11-20/h6-15,27,29,38-39H,5,16-17H2,1-4H3,(H2,36,37,41)/b35-15-/t27-,29-/m1/s1. The van der Waals surface area contributed by atoms with E-state index in [2.05, 4.69) is 65.7 Å². The quantitative estimate of drug-likeness (QED) is 0.0589. The topological polar surface area (TPSA) is 140 Å². The number of aryl methyl sites for hydroxylation is 1. The molecule has 1 heterocycles. The number of halogens is 2. The van der Waals surface area contributed by atoms with Crippen LogP contribution in [0.25, 0.3) is 0 Å². The van der Waals surface area contributed by atoms with Crippen molar-refractivity contribution >= 4 is 56.7 Å². The summed E-state index contributed by atoms with van der Waals surface area (Å²) in [6.07, 6.45) is 0.456. The number of aliphatic hydroxyl groups excluding tert-OH is 1. The van der Waals surface area contributed by atoms with Crippen molar-refractivity contribution in [3.8, 4) is 17.2 Å². The number of nitrogens with zero attached hydrogens (tertiary/aromatic N) is 1. The Labute approximate surface area is 283 Å². The van der Waals surface area contributed by atoms with E-state index in [1.54, 1.807) is 31.3 Å². The average molecular weight is 793 g/mol. The summed E-state index contributed by atoms with van der Waals surface area (Å²) in [4.78, 5) is 24.6. The van der Waals surface area contributed by atoms with E-state index in [1.165, 1.54) is 12.7 Å². The van der Waals surface area contributed by atoms with Crippen LogP contribution in [-0.2, 0) is 16.1 Å². The number of nitrogens with one attached hydrogen (secondary N) is 3. The fraction of sp³-hybridized carbons (Fsp3) is 0.281. The van der Waals surface area contributed by atoms with Gasteiger partial charge in [0.2, 0.25) is 0 Å². The van der Waals surface area contributed by atoms with Crippen LogP contribution < -0.4 is 30.3 Å². The molecular formula is C32H34BrIN4O7. The van der Waals surface area contributed by atoms with Gasteiger partial charge in [0.05, 0.1) is 39.6 Å². The number of amides is 2. The second kappa shape index (κ2) is 16.0. The Kier molecular flexibility index (Phi) is 12.1. The van der Waals surface area contributed by atoms with Crippen LogP contribution in [-0.4, -0.2) is 49.9 Å². The Bertz CT molecular complexity index is 1590. The smallest absolute Gasteiger partial charge is 0.337 e. The molecule has 0 saturated heterocycles. The van der Waals surface area contributed by atoms with E-state index in [1.807, 2.05) is 44.2 Å². The van der Waals surface area contributed by atoms with E-state index >= 15 is 0 Å². The molecule has 1 aliphatic heterocycles. The first-order chi connectivity index (χ1) is 21.6. The molecule has 0 aliphatic carbocycles. The van der Waals surface area contributed by atoms with Gasteiger partial charge in [-0.05, 0) is 100 Å². The van der Waals surface area contributed by atoms with Gasteiger partial charge in [0, 0.05) is 5.70 Å². The number of esters is 1. The van der Waals surface area contributed by atoms with Crippen molar-refractivity contribution in [2.75, 3.05) is 20.3 Å². The molecule has 2 atom stereocenters. The zero-order valence-electron chi connectivity index (χ0n) is 25.1. The summed E-state index contributed by atoms with van der Waals surface area (Å²) in [6, 6.07) is 15.8. The van der Waals surface area contributed by atoms with Crippen LogP contribution in [0.15, 0.2) is 75.4 Å². The number of benzene rings is 3. The largest absolute Gasteiger partial charge is 0.490 e. The van der Waals surface area contributed by atoms with Gasteiger partial charge in [0.15, 0.2) is 17.7 Å². The molecule has 238 valence electrons. The highest BCUT2D eigenvalue weighted by Crippen LogP contribution is 2.35. The summed E-state index contributed by atoms with van der Waals surface area (Å²) >= 11 is 5.80. The molecule has 1 aliphatic rings. The second-order valence-corrected chi connectivity index (χ2v) is 12.0. The monoisotopic (exact) mass is 792 g/mol. The molecular weight excluding hydrogens is 759 g/mol. The van der Waals surface area contributed by atoms with Crippen LogP contribution in [0.2, 0.25) is 0 Å². The maximum atomic E-state index is 12.5. The lowest BCUT2D eigenvalue weighted by molar-refractivity contribution is -0.136. The maximum absolute atomic E-state index is 12.5. The lowest BCUT2D eigenvalue weighted by Crippen LogP contribution is -2.45. The van der Waals surface area contributed by atoms with Crippen molar-refractivity contribution in [1.82, 2.24) is 16.1 Å². The molecule has 3 aromatic rings. The van der Waals surface area contributed by atoms with Crippen LogP contribution in [0.4, 0.5) is 4.79 Å². The Morgan fingerprint density at radius 2 is 1.93 bits per heavy atom. The predicted molar refractivity (Wildman–Crippen MR) is 181 cm³/mol. The fourth-order valence-electron chi connectivity index (χ4n) is 4.57. The lowest BCUT2D eigenvalue weighted by atomic mass is 9.95. The van der Waals surface area contributed by atoms with Gasteiger partial charge in [0.25, 0.3) is 0 Å². The third kappa shape index (κ3) is 9.11. The van der Waals surface area contributed by atoms with Crippen molar-refractivity contribution in [3.05, 3.63) is 96.2 Å². The number of aliphatic hydroxyl groups is 1. The van der Waals surface area contributed by atoms with E-state index in [0.29, 0.717) is 36.0 Å². The molecule has 0 spiro atoms. The molecule has 0 aromatic heterocycles. The molecule has 0 unspecified atom stereocenters. The van der Waals surface area contributed by atoms with E-state index in [9.17, 15) is 14.7 Å². The highest BCUT2D eigenvalue weighted by Gasteiger charge is 2.32. The number of allylic oxidation sites excluding steroid dienone is 1. The molecule has 3 aromatic carbocycles. The molecule has 0 saturated carbocycles. The van der Waals surface area contributed by atoms with Crippen molar-refractivity contribution in [2.24, 2.45) is 5.10 Å². The summed E-state index contributed by atoms with van der Waals surface area (Å²) in [5.74, 6) is 0.916. The van der Waals surface area contributed by atoms with Gasteiger partial charge in [-0.15, -0.1) is 0 Å². The molecule has 45 heavy (non-hydrogen) atoms. The number of methoxy groups -OCH3 is 1. The SMILES string of the molecule is CCOc1cc([C@H]2NC(=O)NC(C)=C2C(=O)OC)ccc1OC[C@@H](O)N/N=C\c1cc(Br)c(OCc2cccc(C)c2)c(I)c1. The molecule has 11 nitrogen and oxygen atoms in total. The third-order valence-corrected chi connectivity index (χ3v) is 7.99. The summed E-state index contributed by atoms with van der Waals surface area (Å²) in [5, 5.41) is 20.0. The molecule has 2 amide bonds. The van der Waals surface area contributed by atoms with Gasteiger partial charge in [0.1, 0.15) is 19.0 Å². The first-order valence-corrected chi connectivity index (χ1v) is 15.9. The molecule has 0 fully saturated rings. The van der Waals surface area contributed by atoms with Crippen molar-refractivity contribution in [2.45, 2.75) is 39.6 Å². The third-order valence-electron chi connectivity index (χ3n) is 6.60. The highest BCUT2D eigenvalue weighted by molar-refractivity contribution is 14.1. The van der Waals surface area contributed by atoms with E-state index < -0.39 is 24.3 Å². The van der Waals surface area contributed by atoms with Gasteiger partial charge in [-0.2, -0.15) is 5.10 Å². The Morgan fingerprint density at radius 1 is 1.13 bits per heavy atom. The van der Waals surface area contributed by atoms with Crippen LogP contribution >= 0.6 is 38.5 Å². The summed E-state index contributed by atoms with van der Waals surface area (Å²) in [5.41, 5.74) is 6.98. The molecule has 13 heteroatoms. The van der Waals surface area contributed by atoms with Crippen LogP contribution in [0.5, 0.6) is 17.2 Å². The zero-order valence-corrected chi connectivity index (χ0v) is 28.9. The van der Waals surface area contributed by atoms with Crippen molar-refractivity contribution in [1.29, 1.82) is 0 Å². The normalized spacial score (nSPS) is 15.3. The Balaban J connectivity index is 1.37. The molecule has 4 rings (SSSR count). The summed E-state index contributed by atoms with van der Waals surface area (Å²) in [7, 11) is 1.28. The lowest BCUT2D eigenvalue weighted by Gasteiger charge is -2.28. The van der Waals surface area contributed by atoms with E-state index in [4.69, 9.17) is 18.9 Å². The molecule has 4 N–H and O–H groups in total. The van der Waals surface area contributed by atoms with Gasteiger partial charge in [-0.1, -0.05) is 35.9 Å². The minimum atomic E-state index is -1.13. The molecule has 0 bridgehead atoms. The van der Waals surface area contributed by atoms with Gasteiger partial charge >= 0.3 is 12.0 Å². The van der Waals surface area contributed by atoms with Crippen LogP contribution in [0, 0.1) is 10.5 Å². The van der Waals surface area contributed by atoms with Crippen molar-refractivity contribution < 1.29 is 33.6 Å². The summed E-state index contributed by atoms with van der Waals surface area (Å²) < 4.78 is 24.2. The summed E-state index contributed by atoms with van der Waals surface area (Å²) in [6.45, 7) is 6.15. The Morgan fingerprint density at radius 3 is 2.64 bits per heavy atom. The minimum Gasteiger partial charge on any atom is -0.490 e. The van der Waals surface area contributed by atoms with Gasteiger partial charge in [-0.25, -0.2) is 9.59 Å². The van der Waals surface area contributed by atoms with E-state index in [-0.39, 0.29) is 12.2 Å². The first kappa shape index (κ1) is 34.1. The first-order valence-electron chi connectivity index (χ1n) is 14.0. The number of carbonyl (C=O) groups is 2. The van der Waals surface area contributed by atoms with Gasteiger partial charge < -0.3 is 34.7 Å². The minimum absolute atomic E-state index is 0.139. The number of hydrazone groups is 1. The second-order valence-electron chi connectivity index (χ2n) is 10.0.